The fourth-order valence-corrected chi connectivity index (χ4v) is 7.19. The zero-order chi connectivity index (χ0) is 31.9. The highest BCUT2D eigenvalue weighted by molar-refractivity contribution is 6.25. The van der Waals surface area contributed by atoms with Gasteiger partial charge in [0, 0.05) is 33.5 Å². The Morgan fingerprint density at radius 3 is 1.65 bits per heavy atom. The summed E-state index contributed by atoms with van der Waals surface area (Å²) in [6, 6.07) is 69.8. The van der Waals surface area contributed by atoms with Crippen molar-refractivity contribution in [2.75, 3.05) is 4.90 Å². The normalized spacial score (nSPS) is 11.3. The Morgan fingerprint density at radius 1 is 0.354 bits per heavy atom. The van der Waals surface area contributed by atoms with Gasteiger partial charge in [-0.15, -0.1) is 0 Å². The van der Waals surface area contributed by atoms with Gasteiger partial charge in [0.2, 0.25) is 0 Å². The third kappa shape index (κ3) is 4.74. The van der Waals surface area contributed by atoms with E-state index in [1.54, 1.807) is 0 Å². The van der Waals surface area contributed by atoms with Crippen molar-refractivity contribution in [3.8, 4) is 27.9 Å². The Morgan fingerprint density at radius 2 is 0.917 bits per heavy atom. The molecular weight excluding hydrogens is 581 g/mol. The Hall–Kier alpha value is -6.38. The number of aromatic nitrogens is 1. The first kappa shape index (κ1) is 27.9. The van der Waals surface area contributed by atoms with Crippen molar-refractivity contribution in [1.82, 2.24) is 4.57 Å². The Labute approximate surface area is 280 Å². The highest BCUT2D eigenvalue weighted by Gasteiger charge is 2.20. The highest BCUT2D eigenvalue weighted by Crippen LogP contribution is 2.43. The summed E-state index contributed by atoms with van der Waals surface area (Å²) < 4.78 is 2.44. The first-order valence-electron chi connectivity index (χ1n) is 16.4. The summed E-state index contributed by atoms with van der Waals surface area (Å²) in [7, 11) is 0. The van der Waals surface area contributed by atoms with Gasteiger partial charge in [-0.1, -0.05) is 140 Å². The second kappa shape index (κ2) is 11.8. The molecule has 0 amide bonds. The van der Waals surface area contributed by atoms with Gasteiger partial charge >= 0.3 is 0 Å². The van der Waals surface area contributed by atoms with E-state index in [2.05, 4.69) is 204 Å². The number of fused-ring (bicyclic) bond motifs is 5. The van der Waals surface area contributed by atoms with Crippen LogP contribution in [0.3, 0.4) is 0 Å². The molecule has 2 nitrogen and oxygen atoms in total. The van der Waals surface area contributed by atoms with E-state index >= 15 is 0 Å². The molecule has 0 radical (unpaired) electrons. The van der Waals surface area contributed by atoms with Gasteiger partial charge in [0.1, 0.15) is 0 Å². The zero-order valence-electron chi connectivity index (χ0n) is 26.4. The lowest BCUT2D eigenvalue weighted by molar-refractivity contribution is 1.17. The van der Waals surface area contributed by atoms with Gasteiger partial charge in [-0.2, -0.15) is 0 Å². The van der Waals surface area contributed by atoms with Crippen molar-refractivity contribution in [2.24, 2.45) is 0 Å². The molecule has 2 heteroatoms. The van der Waals surface area contributed by atoms with Crippen molar-refractivity contribution in [3.63, 3.8) is 0 Å². The van der Waals surface area contributed by atoms with Gasteiger partial charge in [-0.25, -0.2) is 0 Å². The minimum atomic E-state index is 1.10. The van der Waals surface area contributed by atoms with Crippen molar-refractivity contribution < 1.29 is 0 Å². The molecule has 0 bridgehead atoms. The van der Waals surface area contributed by atoms with E-state index in [9.17, 15) is 0 Å². The molecule has 0 aliphatic heterocycles. The van der Waals surface area contributed by atoms with Gasteiger partial charge < -0.3 is 9.47 Å². The average Bonchev–Trinajstić information content (AvgIpc) is 3.52. The lowest BCUT2D eigenvalue weighted by Crippen LogP contribution is -2.10. The fraction of sp³-hybridized carbons (Fsp3) is 0. The van der Waals surface area contributed by atoms with Gasteiger partial charge in [0.15, 0.2) is 0 Å². The summed E-state index contributed by atoms with van der Waals surface area (Å²) in [5.74, 6) is 0. The van der Waals surface area contributed by atoms with Crippen LogP contribution in [0.25, 0.3) is 60.5 Å². The molecule has 0 N–H and O–H groups in total. The van der Waals surface area contributed by atoms with Crippen molar-refractivity contribution >= 4 is 49.6 Å². The maximum Gasteiger partial charge on any atom is 0.0547 e. The number of rotatable bonds is 6. The SMILES string of the molecule is c1ccc(-c2ccc(-c3cccc4c3c3c5ccccc5ccc3n4-c3cccc(N(c4ccccc4)c4ccccc4)c3)cc2)cc1. The molecule has 8 aromatic carbocycles. The molecule has 226 valence electrons. The number of anilines is 3. The number of hydrogen-bond acceptors (Lipinski definition) is 1. The second-order valence-electron chi connectivity index (χ2n) is 12.2. The first-order valence-corrected chi connectivity index (χ1v) is 16.4. The van der Waals surface area contributed by atoms with E-state index in [1.807, 2.05) is 0 Å². The van der Waals surface area contributed by atoms with Crippen molar-refractivity contribution in [3.05, 3.63) is 194 Å². The largest absolute Gasteiger partial charge is 0.310 e. The third-order valence-corrected chi connectivity index (χ3v) is 9.36. The quantitative estimate of drug-likeness (QED) is 0.181. The van der Waals surface area contributed by atoms with Gasteiger partial charge in [-0.3, -0.25) is 0 Å². The molecule has 0 aliphatic carbocycles. The molecule has 48 heavy (non-hydrogen) atoms. The maximum absolute atomic E-state index is 2.44. The van der Waals surface area contributed by atoms with Crippen LogP contribution < -0.4 is 4.90 Å². The topological polar surface area (TPSA) is 8.17 Å². The average molecular weight is 613 g/mol. The van der Waals surface area contributed by atoms with E-state index < -0.39 is 0 Å². The van der Waals surface area contributed by atoms with E-state index in [4.69, 9.17) is 0 Å². The molecule has 0 spiro atoms. The predicted octanol–water partition coefficient (Wildman–Crippen LogP) is 12.7. The molecule has 1 heterocycles. The van der Waals surface area contributed by atoms with Crippen LogP contribution in [-0.2, 0) is 0 Å². The molecule has 0 aliphatic rings. The van der Waals surface area contributed by atoms with Crippen molar-refractivity contribution in [2.45, 2.75) is 0 Å². The monoisotopic (exact) mass is 612 g/mol. The molecule has 0 saturated carbocycles. The number of nitrogens with zero attached hydrogens (tertiary/aromatic N) is 2. The van der Waals surface area contributed by atoms with Crippen LogP contribution in [-0.4, -0.2) is 4.57 Å². The first-order chi connectivity index (χ1) is 23.8. The minimum Gasteiger partial charge on any atom is -0.310 e. The van der Waals surface area contributed by atoms with Crippen LogP contribution in [0.15, 0.2) is 194 Å². The summed E-state index contributed by atoms with van der Waals surface area (Å²) in [6.45, 7) is 0. The van der Waals surface area contributed by atoms with Crippen molar-refractivity contribution in [1.29, 1.82) is 0 Å². The summed E-state index contributed by atoms with van der Waals surface area (Å²) in [4.78, 5) is 2.33. The van der Waals surface area contributed by atoms with Crippen LogP contribution in [0.1, 0.15) is 0 Å². The Balaban J connectivity index is 1.28. The summed E-state index contributed by atoms with van der Waals surface area (Å²) >= 11 is 0. The standard InChI is InChI=1S/C46H32N2/c1-4-14-33(15-5-1)34-26-28-36(29-27-34)42-24-13-25-43-45(42)46-41-23-11-10-16-35(41)30-31-44(46)48(43)40-22-12-21-39(32-40)47(37-17-6-2-7-18-37)38-19-8-3-9-20-38/h1-32H. The van der Waals surface area contributed by atoms with Gasteiger partial charge in [-0.05, 0) is 87.6 Å². The molecule has 1 aromatic heterocycles. The predicted molar refractivity (Wildman–Crippen MR) is 204 cm³/mol. The molecular formula is C46H32N2. The van der Waals surface area contributed by atoms with E-state index in [0.29, 0.717) is 0 Å². The van der Waals surface area contributed by atoms with Crippen LogP contribution in [0.5, 0.6) is 0 Å². The lowest BCUT2D eigenvalue weighted by atomic mass is 9.95. The molecule has 0 unspecified atom stereocenters. The summed E-state index contributed by atoms with van der Waals surface area (Å²) in [5, 5.41) is 5.05. The highest BCUT2D eigenvalue weighted by atomic mass is 15.1. The smallest absolute Gasteiger partial charge is 0.0547 e. The van der Waals surface area contributed by atoms with Crippen LogP contribution in [0.4, 0.5) is 17.1 Å². The summed E-state index contributed by atoms with van der Waals surface area (Å²) in [6.07, 6.45) is 0. The molecule has 0 fully saturated rings. The summed E-state index contributed by atoms with van der Waals surface area (Å²) in [5.41, 5.74) is 11.7. The van der Waals surface area contributed by atoms with Gasteiger partial charge in [0.05, 0.1) is 11.0 Å². The molecule has 9 aromatic rings. The molecule has 9 rings (SSSR count). The Bertz CT molecular complexity index is 2490. The van der Waals surface area contributed by atoms with Crippen LogP contribution in [0, 0.1) is 0 Å². The Kier molecular flexibility index (Phi) is 6.84. The van der Waals surface area contributed by atoms with Gasteiger partial charge in [0.25, 0.3) is 0 Å². The molecule has 0 atom stereocenters. The lowest BCUT2D eigenvalue weighted by Gasteiger charge is -2.26. The number of hydrogen-bond donors (Lipinski definition) is 0. The number of benzene rings is 8. The number of para-hydroxylation sites is 2. The van der Waals surface area contributed by atoms with E-state index in [-0.39, 0.29) is 0 Å². The molecule has 0 saturated heterocycles. The van der Waals surface area contributed by atoms with Crippen LogP contribution >= 0.6 is 0 Å². The third-order valence-electron chi connectivity index (χ3n) is 9.36. The van der Waals surface area contributed by atoms with E-state index in [0.717, 1.165) is 22.7 Å². The second-order valence-corrected chi connectivity index (χ2v) is 12.2. The van der Waals surface area contributed by atoms with Crippen LogP contribution in [0.2, 0.25) is 0 Å². The minimum absolute atomic E-state index is 1.10. The van der Waals surface area contributed by atoms with E-state index in [1.165, 1.54) is 54.8 Å². The maximum atomic E-state index is 2.44. The fourth-order valence-electron chi connectivity index (χ4n) is 7.19. The zero-order valence-corrected chi connectivity index (χ0v) is 26.4.